The summed E-state index contributed by atoms with van der Waals surface area (Å²) in [5.74, 6) is 0.218. The van der Waals surface area contributed by atoms with E-state index < -0.39 is 21.9 Å². The molecule has 0 saturated carbocycles. The van der Waals surface area contributed by atoms with Crippen LogP contribution >= 0.6 is 11.6 Å². The van der Waals surface area contributed by atoms with Crippen molar-refractivity contribution in [2.45, 2.75) is 31.2 Å². The van der Waals surface area contributed by atoms with E-state index in [2.05, 4.69) is 4.36 Å². The maximum Gasteiger partial charge on any atom is 0.272 e. The third-order valence-electron chi connectivity index (χ3n) is 3.96. The first kappa shape index (κ1) is 20.4. The summed E-state index contributed by atoms with van der Waals surface area (Å²) in [7, 11) is -3.42. The fraction of sp³-hybridized carbons (Fsp3) is 0.278. The van der Waals surface area contributed by atoms with Gasteiger partial charge in [0.15, 0.2) is 0 Å². The SMILES string of the molecule is CC[C@H](C)[C@H](N)C(=O)N=S(N)(=O)c1cccc(Oc2ccc(Cl)cc2)c1. The van der Waals surface area contributed by atoms with Crippen molar-refractivity contribution in [3.63, 3.8) is 0 Å². The second kappa shape index (κ2) is 8.64. The number of hydrogen-bond acceptors (Lipinski definition) is 4. The minimum atomic E-state index is -3.42. The molecule has 0 aliphatic heterocycles. The molecule has 0 bridgehead atoms. The van der Waals surface area contributed by atoms with E-state index in [-0.39, 0.29) is 10.8 Å². The number of carbonyl (C=O) groups is 1. The van der Waals surface area contributed by atoms with Gasteiger partial charge in [0.25, 0.3) is 5.91 Å². The molecule has 4 N–H and O–H groups in total. The lowest BCUT2D eigenvalue weighted by Crippen LogP contribution is -2.36. The van der Waals surface area contributed by atoms with Crippen LogP contribution in [0.5, 0.6) is 11.5 Å². The summed E-state index contributed by atoms with van der Waals surface area (Å²) < 4.78 is 22.1. The molecule has 0 aliphatic carbocycles. The minimum Gasteiger partial charge on any atom is -0.457 e. The van der Waals surface area contributed by atoms with E-state index in [0.717, 1.165) is 0 Å². The molecule has 0 saturated heterocycles. The zero-order chi connectivity index (χ0) is 19.3. The summed E-state index contributed by atoms with van der Waals surface area (Å²) in [6.07, 6.45) is 0.707. The summed E-state index contributed by atoms with van der Waals surface area (Å²) in [5, 5.41) is 6.40. The van der Waals surface area contributed by atoms with Crippen LogP contribution < -0.4 is 15.6 Å². The topological polar surface area (TPSA) is 108 Å². The quantitative estimate of drug-likeness (QED) is 0.776. The standard InChI is InChI=1S/C18H22ClN3O3S/c1-3-12(2)17(20)18(23)22-26(21,24)16-6-4-5-15(11-16)25-14-9-7-13(19)8-10-14/h4-12,17H,3,20H2,1-2H3,(H2,21,22,23,24)/t12-,17-,26?/m0/s1. The Morgan fingerprint density at radius 3 is 2.50 bits per heavy atom. The smallest absolute Gasteiger partial charge is 0.272 e. The van der Waals surface area contributed by atoms with Gasteiger partial charge < -0.3 is 10.5 Å². The van der Waals surface area contributed by atoms with Gasteiger partial charge in [-0.2, -0.15) is 0 Å². The molecular formula is C18H22ClN3O3S. The number of ether oxygens (including phenoxy) is 1. The number of halogens is 1. The molecule has 6 nitrogen and oxygen atoms in total. The first-order valence-electron chi connectivity index (χ1n) is 8.10. The first-order valence-corrected chi connectivity index (χ1v) is 10.1. The zero-order valence-corrected chi connectivity index (χ0v) is 16.2. The fourth-order valence-corrected chi connectivity index (χ4v) is 3.28. The van der Waals surface area contributed by atoms with Crippen molar-refractivity contribution in [3.8, 4) is 11.5 Å². The lowest BCUT2D eigenvalue weighted by Gasteiger charge is -2.15. The zero-order valence-electron chi connectivity index (χ0n) is 14.6. The summed E-state index contributed by atoms with van der Waals surface area (Å²) in [6, 6.07) is 12.3. The van der Waals surface area contributed by atoms with Crippen molar-refractivity contribution < 1.29 is 13.7 Å². The van der Waals surface area contributed by atoms with Crippen molar-refractivity contribution >= 4 is 27.4 Å². The van der Waals surface area contributed by atoms with E-state index in [9.17, 15) is 9.00 Å². The number of nitrogens with two attached hydrogens (primary N) is 2. The van der Waals surface area contributed by atoms with Gasteiger partial charge >= 0.3 is 0 Å². The van der Waals surface area contributed by atoms with Crippen LogP contribution in [0.3, 0.4) is 0 Å². The van der Waals surface area contributed by atoms with Gasteiger partial charge in [-0.05, 0) is 48.4 Å². The molecule has 2 rings (SSSR count). The summed E-state index contributed by atoms with van der Waals surface area (Å²) in [4.78, 5) is 12.3. The number of rotatable bonds is 6. The Morgan fingerprint density at radius 2 is 1.88 bits per heavy atom. The lowest BCUT2D eigenvalue weighted by molar-refractivity contribution is -0.119. The summed E-state index contributed by atoms with van der Waals surface area (Å²) in [6.45, 7) is 3.74. The molecule has 3 atom stereocenters. The minimum absolute atomic E-state index is 0.0824. The van der Waals surface area contributed by atoms with Crippen LogP contribution in [-0.2, 0) is 14.7 Å². The Kier molecular flexibility index (Phi) is 6.77. The molecule has 0 radical (unpaired) electrons. The van der Waals surface area contributed by atoms with Gasteiger partial charge in [-0.25, -0.2) is 9.35 Å². The van der Waals surface area contributed by atoms with Crippen molar-refractivity contribution in [1.82, 2.24) is 0 Å². The molecule has 0 aliphatic rings. The van der Waals surface area contributed by atoms with Crippen LogP contribution in [0.4, 0.5) is 0 Å². The van der Waals surface area contributed by atoms with Crippen LogP contribution in [0, 0.1) is 5.92 Å². The molecule has 1 amide bonds. The first-order chi connectivity index (χ1) is 12.2. The highest BCUT2D eigenvalue weighted by Crippen LogP contribution is 2.25. The highest BCUT2D eigenvalue weighted by Gasteiger charge is 2.21. The van der Waals surface area contributed by atoms with Crippen LogP contribution in [0.15, 0.2) is 57.8 Å². The Hall–Kier alpha value is -1.93. The van der Waals surface area contributed by atoms with Crippen molar-refractivity contribution in [2.75, 3.05) is 0 Å². The maximum absolute atomic E-state index is 12.7. The predicted molar refractivity (Wildman–Crippen MR) is 103 cm³/mol. The fourth-order valence-electron chi connectivity index (χ4n) is 2.10. The summed E-state index contributed by atoms with van der Waals surface area (Å²) >= 11 is 5.84. The largest absolute Gasteiger partial charge is 0.457 e. The normalized spacial score (nSPS) is 15.6. The van der Waals surface area contributed by atoms with Crippen LogP contribution in [0.25, 0.3) is 0 Å². The van der Waals surface area contributed by atoms with Gasteiger partial charge in [0.2, 0.25) is 0 Å². The molecule has 0 aromatic heterocycles. The van der Waals surface area contributed by atoms with Gasteiger partial charge in [-0.1, -0.05) is 37.9 Å². The Bertz CT molecular complexity index is 893. The van der Waals surface area contributed by atoms with E-state index in [1.54, 1.807) is 36.4 Å². The van der Waals surface area contributed by atoms with Gasteiger partial charge in [0.05, 0.1) is 10.9 Å². The van der Waals surface area contributed by atoms with Gasteiger partial charge in [-0.15, -0.1) is 4.36 Å². The third-order valence-corrected chi connectivity index (χ3v) is 5.59. The molecule has 1 unspecified atom stereocenters. The average molecular weight is 396 g/mol. The molecule has 8 heteroatoms. The molecule has 2 aromatic rings. The van der Waals surface area contributed by atoms with E-state index in [1.807, 2.05) is 13.8 Å². The highest BCUT2D eigenvalue weighted by molar-refractivity contribution is 7.91. The third kappa shape index (κ3) is 5.28. The van der Waals surface area contributed by atoms with E-state index in [1.165, 1.54) is 12.1 Å². The summed E-state index contributed by atoms with van der Waals surface area (Å²) in [5.41, 5.74) is 5.84. The second-order valence-electron chi connectivity index (χ2n) is 5.94. The molecule has 140 valence electrons. The highest BCUT2D eigenvalue weighted by atomic mass is 35.5. The number of nitrogens with zero attached hydrogens (tertiary/aromatic N) is 1. The van der Waals surface area contributed by atoms with Crippen LogP contribution in [-0.4, -0.2) is 16.2 Å². The van der Waals surface area contributed by atoms with Gasteiger partial charge in [-0.3, -0.25) is 4.79 Å². The van der Waals surface area contributed by atoms with E-state index in [4.69, 9.17) is 27.2 Å². The predicted octanol–water partition coefficient (Wildman–Crippen LogP) is 3.73. The van der Waals surface area contributed by atoms with Crippen molar-refractivity contribution in [1.29, 1.82) is 0 Å². The van der Waals surface area contributed by atoms with E-state index in [0.29, 0.717) is 22.9 Å². The lowest BCUT2D eigenvalue weighted by atomic mass is 10.00. The Labute approximate surface area is 158 Å². The molecular weight excluding hydrogens is 374 g/mol. The average Bonchev–Trinajstić information content (AvgIpc) is 2.62. The Balaban J connectivity index is 2.27. The van der Waals surface area contributed by atoms with Crippen LogP contribution in [0.2, 0.25) is 5.02 Å². The van der Waals surface area contributed by atoms with Crippen molar-refractivity contribution in [3.05, 3.63) is 53.6 Å². The monoisotopic (exact) mass is 395 g/mol. The number of hydrogen-bond donors (Lipinski definition) is 2. The molecule has 0 heterocycles. The molecule has 0 fully saturated rings. The molecule has 26 heavy (non-hydrogen) atoms. The van der Waals surface area contributed by atoms with Crippen molar-refractivity contribution in [2.24, 2.45) is 21.2 Å². The maximum atomic E-state index is 12.7. The molecule has 0 spiro atoms. The Morgan fingerprint density at radius 1 is 1.23 bits per heavy atom. The van der Waals surface area contributed by atoms with Crippen LogP contribution in [0.1, 0.15) is 20.3 Å². The molecule has 2 aromatic carbocycles. The number of amides is 1. The number of benzene rings is 2. The number of carbonyl (C=O) groups excluding carboxylic acids is 1. The van der Waals surface area contributed by atoms with Gasteiger partial charge in [0, 0.05) is 5.02 Å². The second-order valence-corrected chi connectivity index (χ2v) is 8.17. The van der Waals surface area contributed by atoms with Gasteiger partial charge in [0.1, 0.15) is 21.4 Å². The van der Waals surface area contributed by atoms with E-state index >= 15 is 0 Å².